The van der Waals surface area contributed by atoms with Gasteiger partial charge in [0.15, 0.2) is 5.78 Å². The van der Waals surface area contributed by atoms with E-state index < -0.39 is 17.9 Å². The largest absolute Gasteiger partial charge is 0.415 e. The fourth-order valence-electron chi connectivity index (χ4n) is 2.09. The average Bonchev–Trinajstić information content (AvgIpc) is 3.07. The number of aromatic nitrogens is 3. The number of hydrogen-bond donors (Lipinski definition) is 0. The molecule has 0 aliphatic rings. The standard InChI is InChI=1S/C16H10ClF2N3O3/c17-11-3-1-9(2-4-11)12(23)8-22-6-5-10(7-13(22)24)15-20-21-16(25-15)14(18)19/h1-7,14H,8H2. The number of alkyl halides is 2. The zero-order valence-corrected chi connectivity index (χ0v) is 13.3. The highest BCUT2D eigenvalue weighted by atomic mass is 35.5. The summed E-state index contributed by atoms with van der Waals surface area (Å²) in [4.78, 5) is 24.3. The van der Waals surface area contributed by atoms with Crippen molar-refractivity contribution in [2.24, 2.45) is 0 Å². The molecule has 3 rings (SSSR count). The van der Waals surface area contributed by atoms with Crippen LogP contribution in [0.5, 0.6) is 0 Å². The Bertz CT molecular complexity index is 967. The molecule has 0 N–H and O–H groups in total. The Labute approximate surface area is 144 Å². The summed E-state index contributed by atoms with van der Waals surface area (Å²) in [7, 11) is 0. The lowest BCUT2D eigenvalue weighted by Gasteiger charge is -2.05. The van der Waals surface area contributed by atoms with Crippen molar-refractivity contribution in [2.75, 3.05) is 0 Å². The molecule has 0 spiro atoms. The summed E-state index contributed by atoms with van der Waals surface area (Å²) in [6.45, 7) is -0.174. The molecule has 2 aromatic heterocycles. The molecule has 1 aromatic carbocycles. The van der Waals surface area contributed by atoms with E-state index in [1.807, 2.05) is 0 Å². The van der Waals surface area contributed by atoms with Gasteiger partial charge in [0.25, 0.3) is 11.4 Å². The number of benzene rings is 1. The van der Waals surface area contributed by atoms with Gasteiger partial charge < -0.3 is 8.98 Å². The van der Waals surface area contributed by atoms with E-state index in [2.05, 4.69) is 10.2 Å². The van der Waals surface area contributed by atoms with E-state index >= 15 is 0 Å². The molecule has 0 saturated carbocycles. The molecule has 0 unspecified atom stereocenters. The van der Waals surface area contributed by atoms with Gasteiger partial charge in [-0.1, -0.05) is 11.6 Å². The normalized spacial score (nSPS) is 11.0. The summed E-state index contributed by atoms with van der Waals surface area (Å²) in [5, 5.41) is 7.17. The van der Waals surface area contributed by atoms with Gasteiger partial charge in [-0.25, -0.2) is 0 Å². The molecule has 0 bridgehead atoms. The Hall–Kier alpha value is -2.87. The fourth-order valence-corrected chi connectivity index (χ4v) is 2.22. The smallest absolute Gasteiger partial charge is 0.314 e. The lowest BCUT2D eigenvalue weighted by atomic mass is 10.1. The molecule has 2 heterocycles. The van der Waals surface area contributed by atoms with Crippen molar-refractivity contribution in [3.63, 3.8) is 0 Å². The summed E-state index contributed by atoms with van der Waals surface area (Å²) in [6.07, 6.45) is -1.53. The number of pyridine rings is 1. The van der Waals surface area contributed by atoms with Gasteiger partial charge in [0.1, 0.15) is 0 Å². The number of carbonyl (C=O) groups is 1. The maximum absolute atomic E-state index is 12.5. The Morgan fingerprint density at radius 2 is 1.92 bits per heavy atom. The summed E-state index contributed by atoms with van der Waals surface area (Å²) in [6, 6.07) is 8.85. The second-order valence-electron chi connectivity index (χ2n) is 5.06. The van der Waals surface area contributed by atoms with E-state index in [1.54, 1.807) is 24.3 Å². The third-order valence-corrected chi connectivity index (χ3v) is 3.60. The molecule has 0 aliphatic heterocycles. The van der Waals surface area contributed by atoms with Crippen molar-refractivity contribution in [1.29, 1.82) is 0 Å². The van der Waals surface area contributed by atoms with Crippen molar-refractivity contribution in [1.82, 2.24) is 14.8 Å². The van der Waals surface area contributed by atoms with Crippen molar-refractivity contribution in [3.8, 4) is 11.5 Å². The van der Waals surface area contributed by atoms with Crippen molar-refractivity contribution in [3.05, 3.63) is 69.4 Å². The van der Waals surface area contributed by atoms with Gasteiger partial charge in [-0.05, 0) is 30.3 Å². The summed E-state index contributed by atoms with van der Waals surface area (Å²) < 4.78 is 30.9. The molecule has 0 aliphatic carbocycles. The van der Waals surface area contributed by atoms with E-state index in [0.717, 1.165) is 6.07 Å². The minimum Gasteiger partial charge on any atom is -0.415 e. The summed E-state index contributed by atoms with van der Waals surface area (Å²) in [5.74, 6) is -1.29. The number of ketones is 1. The molecule has 9 heteroatoms. The van der Waals surface area contributed by atoms with Crippen LogP contribution in [0.3, 0.4) is 0 Å². The zero-order valence-electron chi connectivity index (χ0n) is 12.5. The third kappa shape index (κ3) is 3.80. The van der Waals surface area contributed by atoms with Gasteiger partial charge in [0, 0.05) is 28.4 Å². The van der Waals surface area contributed by atoms with Crippen LogP contribution in [0, 0.1) is 0 Å². The average molecular weight is 366 g/mol. The van der Waals surface area contributed by atoms with E-state index in [4.69, 9.17) is 16.0 Å². The number of carbonyl (C=O) groups excluding carboxylic acids is 1. The lowest BCUT2D eigenvalue weighted by Crippen LogP contribution is -2.23. The van der Waals surface area contributed by atoms with Crippen LogP contribution < -0.4 is 5.56 Å². The number of rotatable bonds is 5. The first-order valence-electron chi connectivity index (χ1n) is 7.05. The molecule has 0 amide bonds. The highest BCUT2D eigenvalue weighted by Gasteiger charge is 2.17. The molecule has 0 fully saturated rings. The Morgan fingerprint density at radius 1 is 1.20 bits per heavy atom. The lowest BCUT2D eigenvalue weighted by molar-refractivity contribution is 0.0970. The van der Waals surface area contributed by atoms with Crippen LogP contribution in [-0.4, -0.2) is 20.5 Å². The number of hydrogen-bond acceptors (Lipinski definition) is 5. The second-order valence-corrected chi connectivity index (χ2v) is 5.49. The van der Waals surface area contributed by atoms with Crippen molar-refractivity contribution >= 4 is 17.4 Å². The third-order valence-electron chi connectivity index (χ3n) is 3.35. The van der Waals surface area contributed by atoms with E-state index in [-0.39, 0.29) is 23.8 Å². The van der Waals surface area contributed by atoms with Crippen LogP contribution in [-0.2, 0) is 6.54 Å². The van der Waals surface area contributed by atoms with Crippen LogP contribution in [0.4, 0.5) is 8.78 Å². The number of Topliss-reactive ketones (excluding diaryl/α,β-unsaturated/α-hetero) is 1. The molecule has 3 aromatic rings. The number of halogens is 3. The number of nitrogens with zero attached hydrogens (tertiary/aromatic N) is 3. The van der Waals surface area contributed by atoms with E-state index in [9.17, 15) is 18.4 Å². The first kappa shape index (κ1) is 17.0. The molecule has 128 valence electrons. The maximum atomic E-state index is 12.5. The van der Waals surface area contributed by atoms with Crippen molar-refractivity contribution < 1.29 is 18.0 Å². The maximum Gasteiger partial charge on any atom is 0.314 e. The van der Waals surface area contributed by atoms with Gasteiger partial charge in [-0.3, -0.25) is 9.59 Å². The van der Waals surface area contributed by atoms with Crippen molar-refractivity contribution in [2.45, 2.75) is 13.0 Å². The predicted molar refractivity (Wildman–Crippen MR) is 84.7 cm³/mol. The van der Waals surface area contributed by atoms with Crippen LogP contribution in [0.1, 0.15) is 22.7 Å². The van der Waals surface area contributed by atoms with Gasteiger partial charge in [-0.15, -0.1) is 10.2 Å². The molecular weight excluding hydrogens is 356 g/mol. The Morgan fingerprint density at radius 3 is 2.52 bits per heavy atom. The summed E-state index contributed by atoms with van der Waals surface area (Å²) >= 11 is 5.77. The molecule has 0 radical (unpaired) electrons. The Kier molecular flexibility index (Phi) is 4.71. The first-order chi connectivity index (χ1) is 11.9. The molecule has 0 saturated heterocycles. The van der Waals surface area contributed by atoms with E-state index in [1.165, 1.54) is 16.8 Å². The van der Waals surface area contributed by atoms with Gasteiger partial charge in [0.05, 0.1) is 6.54 Å². The summed E-state index contributed by atoms with van der Waals surface area (Å²) in [5.41, 5.74) is 0.107. The Balaban J connectivity index is 1.81. The van der Waals surface area contributed by atoms with Gasteiger partial charge in [0.2, 0.25) is 5.89 Å². The zero-order chi connectivity index (χ0) is 18.0. The van der Waals surface area contributed by atoms with Crippen LogP contribution in [0.15, 0.2) is 51.8 Å². The molecule has 6 nitrogen and oxygen atoms in total. The van der Waals surface area contributed by atoms with Crippen LogP contribution >= 0.6 is 11.6 Å². The first-order valence-corrected chi connectivity index (χ1v) is 7.43. The SMILES string of the molecule is O=C(Cn1ccc(-c2nnc(C(F)F)o2)cc1=O)c1ccc(Cl)cc1. The fraction of sp³-hybridized carbons (Fsp3) is 0.125. The van der Waals surface area contributed by atoms with Gasteiger partial charge in [-0.2, -0.15) is 8.78 Å². The molecular formula is C16H10ClF2N3O3. The predicted octanol–water partition coefficient (Wildman–Crippen LogP) is 3.37. The highest BCUT2D eigenvalue weighted by Crippen LogP contribution is 2.22. The monoisotopic (exact) mass is 365 g/mol. The molecule has 0 atom stereocenters. The quantitative estimate of drug-likeness (QED) is 0.648. The van der Waals surface area contributed by atoms with Crippen LogP contribution in [0.25, 0.3) is 11.5 Å². The molecule has 25 heavy (non-hydrogen) atoms. The topological polar surface area (TPSA) is 78.0 Å². The van der Waals surface area contributed by atoms with Crippen LogP contribution in [0.2, 0.25) is 5.02 Å². The highest BCUT2D eigenvalue weighted by molar-refractivity contribution is 6.30. The second kappa shape index (κ2) is 6.94. The minimum absolute atomic E-state index is 0.174. The minimum atomic E-state index is -2.89. The van der Waals surface area contributed by atoms with E-state index in [0.29, 0.717) is 10.6 Å². The van der Waals surface area contributed by atoms with Gasteiger partial charge >= 0.3 is 6.43 Å².